The van der Waals surface area contributed by atoms with Crippen molar-refractivity contribution in [2.24, 2.45) is 0 Å². The maximum absolute atomic E-state index is 15.1. The fourth-order valence-corrected chi connectivity index (χ4v) is 30.0. The number of hydrogen-bond donors (Lipinski definition) is 0. The van der Waals surface area contributed by atoms with Crippen molar-refractivity contribution in [3.63, 3.8) is 0 Å². The van der Waals surface area contributed by atoms with E-state index in [1.807, 2.05) is 0 Å². The fraction of sp³-hybridized carbons (Fsp3) is 1.00. The lowest BCUT2D eigenvalue weighted by Crippen LogP contribution is -2.55. The fourth-order valence-electron chi connectivity index (χ4n) is 12.0. The largest absolute Gasteiger partial charge is 0.673 e. The third kappa shape index (κ3) is 7.06. The molecule has 6 aliphatic rings. The van der Waals surface area contributed by atoms with Gasteiger partial charge in [-0.25, -0.2) is 0 Å². The average Bonchev–Trinajstić information content (AvgIpc) is 3.08. The third-order valence-electron chi connectivity index (χ3n) is 13.9. The molecule has 3 nitrogen and oxygen atoms in total. The summed E-state index contributed by atoms with van der Waals surface area (Å²) in [5, 5.41) is 0. The van der Waals surface area contributed by atoms with Crippen molar-refractivity contribution in [3.05, 3.63) is 0 Å². The Morgan fingerprint density at radius 2 is 0.476 bits per heavy atom. The van der Waals surface area contributed by atoms with Crippen molar-refractivity contribution in [1.29, 1.82) is 0 Å². The summed E-state index contributed by atoms with van der Waals surface area (Å²) in [4.78, 5) is 0. The Kier molecular flexibility index (Phi) is 12.2. The summed E-state index contributed by atoms with van der Waals surface area (Å²) in [6, 6.07) is 0. The van der Waals surface area contributed by atoms with Crippen LogP contribution in [-0.4, -0.2) is 16.6 Å². The van der Waals surface area contributed by atoms with E-state index in [0.29, 0.717) is 0 Å². The molecule has 0 unspecified atom stereocenters. The highest BCUT2D eigenvalue weighted by Gasteiger charge is 2.65. The van der Waals surface area contributed by atoms with E-state index >= 15 is 4.57 Å². The molecule has 0 radical (unpaired) electrons. The van der Waals surface area contributed by atoms with E-state index in [1.54, 1.807) is 0 Å². The van der Waals surface area contributed by atoms with Gasteiger partial charge >= 0.3 is 8.25 Å². The summed E-state index contributed by atoms with van der Waals surface area (Å²) in [7, 11) is -6.61. The first kappa shape index (κ1) is 32.4. The first-order valence-corrected chi connectivity index (χ1v) is 25.0. The second-order valence-corrected chi connectivity index (χ2v) is 26.3. The van der Waals surface area contributed by atoms with Crippen LogP contribution in [0.25, 0.3) is 0 Å². The van der Waals surface area contributed by atoms with Crippen molar-refractivity contribution in [2.75, 3.05) is 0 Å². The van der Waals surface area contributed by atoms with E-state index < -0.39 is 24.9 Å². The zero-order valence-electron chi connectivity index (χ0n) is 27.3. The number of hydrogen-bond acceptors (Lipinski definition) is 3. The van der Waals surface area contributed by atoms with Gasteiger partial charge in [0.05, 0.1) is 0 Å². The maximum atomic E-state index is 15.1. The Morgan fingerprint density at radius 3 is 0.643 bits per heavy atom. The molecule has 240 valence electrons. The molecule has 6 fully saturated rings. The van der Waals surface area contributed by atoms with Crippen molar-refractivity contribution in [2.45, 2.75) is 226 Å². The summed E-state index contributed by atoms with van der Waals surface area (Å²) in [5.41, 5.74) is 4.39. The molecular weight excluding hydrogens is 568 g/mol. The summed E-state index contributed by atoms with van der Waals surface area (Å²) in [6.45, 7) is 0. The first-order valence-electron chi connectivity index (χ1n) is 19.6. The lowest BCUT2D eigenvalue weighted by Gasteiger charge is -2.49. The molecular formula is C36H66O3PSi2+. The van der Waals surface area contributed by atoms with Gasteiger partial charge < -0.3 is 0 Å². The highest BCUT2D eigenvalue weighted by atomic mass is 31.1. The normalized spacial score (nSPS) is 28.2. The molecule has 6 heteroatoms. The molecule has 6 aliphatic carbocycles. The van der Waals surface area contributed by atoms with Gasteiger partial charge in [0, 0.05) is 4.57 Å². The SMILES string of the molecule is O=[P+](O[Si](C1CCCCC1)(C1CCCCC1)C1CCCCC1)O[Si](C1CCCCC1)(C1CCCCC1)C1CCCCC1. The van der Waals surface area contributed by atoms with Gasteiger partial charge in [-0.3, -0.25) is 0 Å². The Bertz CT molecular complexity index is 660. The molecule has 0 atom stereocenters. The van der Waals surface area contributed by atoms with Crippen molar-refractivity contribution < 1.29 is 13.0 Å². The minimum absolute atomic E-state index is 0.732. The topological polar surface area (TPSA) is 35.5 Å². The van der Waals surface area contributed by atoms with Gasteiger partial charge in [-0.05, 0) is 33.2 Å². The molecule has 0 aliphatic heterocycles. The molecule has 0 aromatic heterocycles. The molecule has 42 heavy (non-hydrogen) atoms. The Labute approximate surface area is 263 Å². The number of rotatable bonds is 10. The average molecular weight is 634 g/mol. The minimum atomic E-state index is -2.29. The standard InChI is InChI=1S/C36H66O3PSi2/c37-40(38-41(31-19-7-1-8-20-31,32-21-9-2-10-22-32)33-23-11-3-12-24-33)39-42(34-25-13-4-14-26-34,35-27-15-5-16-28-35)36-29-17-6-18-30-36/h31-36H,1-30H2/q+1. The van der Waals surface area contributed by atoms with Crippen molar-refractivity contribution in [1.82, 2.24) is 0 Å². The molecule has 0 heterocycles. The highest BCUT2D eigenvalue weighted by Crippen LogP contribution is 2.64. The van der Waals surface area contributed by atoms with E-state index in [0.717, 1.165) is 33.2 Å². The van der Waals surface area contributed by atoms with Crippen molar-refractivity contribution >= 4 is 24.9 Å². The van der Waals surface area contributed by atoms with Gasteiger partial charge in [0.15, 0.2) is 0 Å². The van der Waals surface area contributed by atoms with Crippen LogP contribution in [0.4, 0.5) is 0 Å². The Balaban J connectivity index is 1.36. The molecule has 0 bridgehead atoms. The van der Waals surface area contributed by atoms with Crippen LogP contribution in [0, 0.1) is 0 Å². The summed E-state index contributed by atoms with van der Waals surface area (Å²) >= 11 is 0. The molecule has 0 saturated heterocycles. The summed E-state index contributed by atoms with van der Waals surface area (Å²) in [5.74, 6) is 0. The smallest absolute Gasteiger partial charge is 0.175 e. The van der Waals surface area contributed by atoms with Crippen LogP contribution in [-0.2, 0) is 13.0 Å². The van der Waals surface area contributed by atoms with Crippen LogP contribution in [0.3, 0.4) is 0 Å². The molecule has 0 amide bonds. The van der Waals surface area contributed by atoms with Crippen LogP contribution < -0.4 is 0 Å². The first-order chi connectivity index (χ1) is 20.7. The van der Waals surface area contributed by atoms with Crippen LogP contribution in [0.15, 0.2) is 0 Å². The quantitative estimate of drug-likeness (QED) is 0.177. The second-order valence-electron chi connectivity index (χ2n) is 16.1. The van der Waals surface area contributed by atoms with Crippen molar-refractivity contribution in [3.8, 4) is 0 Å². The Morgan fingerprint density at radius 1 is 0.310 bits per heavy atom. The molecule has 0 aromatic rings. The van der Waals surface area contributed by atoms with Gasteiger partial charge in [-0.1, -0.05) is 193 Å². The summed E-state index contributed by atoms with van der Waals surface area (Å²) < 4.78 is 30.4. The van der Waals surface area contributed by atoms with Gasteiger partial charge in [0.2, 0.25) is 0 Å². The molecule has 0 aromatic carbocycles. The van der Waals surface area contributed by atoms with E-state index in [4.69, 9.17) is 8.43 Å². The van der Waals surface area contributed by atoms with Gasteiger partial charge in [0.1, 0.15) is 0 Å². The van der Waals surface area contributed by atoms with Crippen LogP contribution in [0.5, 0.6) is 0 Å². The molecule has 6 saturated carbocycles. The zero-order chi connectivity index (χ0) is 28.7. The maximum Gasteiger partial charge on any atom is 0.673 e. The van der Waals surface area contributed by atoms with E-state index in [2.05, 4.69) is 0 Å². The molecule has 0 N–H and O–H groups in total. The predicted molar refractivity (Wildman–Crippen MR) is 182 cm³/mol. The lowest BCUT2D eigenvalue weighted by molar-refractivity contribution is 0.301. The van der Waals surface area contributed by atoms with E-state index in [9.17, 15) is 0 Å². The second kappa shape index (κ2) is 15.8. The Hall–Kier alpha value is 0.454. The van der Waals surface area contributed by atoms with Gasteiger partial charge in [-0.15, -0.1) is 0 Å². The van der Waals surface area contributed by atoms with E-state index in [1.165, 1.54) is 193 Å². The monoisotopic (exact) mass is 633 g/mol. The van der Waals surface area contributed by atoms with Crippen LogP contribution >= 0.6 is 8.25 Å². The lowest BCUT2D eigenvalue weighted by atomic mass is 9.98. The van der Waals surface area contributed by atoms with Gasteiger partial charge in [-0.2, -0.15) is 8.43 Å². The molecule has 0 spiro atoms. The van der Waals surface area contributed by atoms with E-state index in [-0.39, 0.29) is 0 Å². The highest BCUT2D eigenvalue weighted by molar-refractivity contribution is 7.38. The van der Waals surface area contributed by atoms with Crippen LogP contribution in [0.1, 0.15) is 193 Å². The van der Waals surface area contributed by atoms with Crippen LogP contribution in [0.2, 0.25) is 33.2 Å². The summed E-state index contributed by atoms with van der Waals surface area (Å²) in [6.07, 6.45) is 41.3. The third-order valence-corrected chi connectivity index (χ3v) is 28.8. The van der Waals surface area contributed by atoms with Gasteiger partial charge in [0.25, 0.3) is 16.6 Å². The minimum Gasteiger partial charge on any atom is -0.175 e. The molecule has 6 rings (SSSR count). The zero-order valence-corrected chi connectivity index (χ0v) is 30.2. The predicted octanol–water partition coefficient (Wildman–Crippen LogP) is 13.6.